The van der Waals surface area contributed by atoms with Crippen molar-refractivity contribution in [2.24, 2.45) is 0 Å². The standard InChI is InChI=1S/C10H13F2N5O/c1-2-6(5-18)13-7-3-4-8-14-15-10(9(11)12)17(8)16-7/h3-4,6,9,18H,2,5H2,1H3,(H,13,16)/t6-/m0/s1. The summed E-state index contributed by atoms with van der Waals surface area (Å²) in [6.45, 7) is 1.84. The van der Waals surface area contributed by atoms with E-state index in [0.29, 0.717) is 12.2 Å². The Kier molecular flexibility index (Phi) is 3.66. The first-order chi connectivity index (χ1) is 8.65. The van der Waals surface area contributed by atoms with Gasteiger partial charge in [-0.1, -0.05) is 6.92 Å². The summed E-state index contributed by atoms with van der Waals surface area (Å²) in [5.41, 5.74) is 0.257. The lowest BCUT2D eigenvalue weighted by molar-refractivity contribution is 0.137. The number of aromatic nitrogens is 4. The monoisotopic (exact) mass is 257 g/mol. The van der Waals surface area contributed by atoms with Crippen molar-refractivity contribution in [3.8, 4) is 0 Å². The zero-order chi connectivity index (χ0) is 13.1. The van der Waals surface area contributed by atoms with Gasteiger partial charge in [-0.3, -0.25) is 0 Å². The summed E-state index contributed by atoms with van der Waals surface area (Å²) < 4.78 is 26.3. The number of alkyl halides is 2. The van der Waals surface area contributed by atoms with Crippen LogP contribution in [0, 0.1) is 0 Å². The van der Waals surface area contributed by atoms with Crippen LogP contribution in [-0.4, -0.2) is 37.6 Å². The zero-order valence-electron chi connectivity index (χ0n) is 9.72. The highest BCUT2D eigenvalue weighted by Gasteiger charge is 2.17. The fourth-order valence-corrected chi connectivity index (χ4v) is 1.50. The van der Waals surface area contributed by atoms with Gasteiger partial charge in [0, 0.05) is 0 Å². The minimum Gasteiger partial charge on any atom is -0.394 e. The third-order valence-electron chi connectivity index (χ3n) is 2.55. The normalized spacial score (nSPS) is 13.2. The molecule has 0 spiro atoms. The second-order valence-corrected chi connectivity index (χ2v) is 3.78. The molecule has 0 radical (unpaired) electrons. The molecule has 0 saturated carbocycles. The van der Waals surface area contributed by atoms with E-state index in [2.05, 4.69) is 20.6 Å². The minimum atomic E-state index is -2.73. The number of hydrogen-bond donors (Lipinski definition) is 2. The molecule has 0 fully saturated rings. The molecule has 2 aromatic heterocycles. The molecule has 8 heteroatoms. The van der Waals surface area contributed by atoms with Crippen molar-refractivity contribution in [2.75, 3.05) is 11.9 Å². The Morgan fingerprint density at radius 2 is 2.17 bits per heavy atom. The Balaban J connectivity index is 2.33. The minimum absolute atomic E-state index is 0.0555. The number of hydrogen-bond acceptors (Lipinski definition) is 5. The van der Waals surface area contributed by atoms with Gasteiger partial charge in [-0.05, 0) is 18.6 Å². The number of anilines is 1. The molecule has 0 saturated heterocycles. The largest absolute Gasteiger partial charge is 0.394 e. The number of aliphatic hydroxyl groups is 1. The molecule has 0 amide bonds. The Labute approximate surface area is 102 Å². The van der Waals surface area contributed by atoms with Crippen molar-refractivity contribution in [3.05, 3.63) is 18.0 Å². The molecular weight excluding hydrogens is 244 g/mol. The maximum absolute atomic E-state index is 12.6. The molecule has 0 aliphatic carbocycles. The molecule has 18 heavy (non-hydrogen) atoms. The van der Waals surface area contributed by atoms with E-state index in [1.54, 1.807) is 6.07 Å². The first-order valence-corrected chi connectivity index (χ1v) is 5.53. The molecule has 98 valence electrons. The van der Waals surface area contributed by atoms with Gasteiger partial charge < -0.3 is 10.4 Å². The number of rotatable bonds is 5. The first-order valence-electron chi connectivity index (χ1n) is 5.53. The summed E-state index contributed by atoms with van der Waals surface area (Å²) in [6, 6.07) is 2.98. The lowest BCUT2D eigenvalue weighted by atomic mass is 10.2. The average Bonchev–Trinajstić information content (AvgIpc) is 2.79. The molecule has 0 unspecified atom stereocenters. The number of fused-ring (bicyclic) bond motifs is 1. The number of nitrogens with zero attached hydrogens (tertiary/aromatic N) is 4. The van der Waals surface area contributed by atoms with Crippen molar-refractivity contribution in [2.45, 2.75) is 25.8 Å². The lowest BCUT2D eigenvalue weighted by Crippen LogP contribution is -2.23. The van der Waals surface area contributed by atoms with Gasteiger partial charge in [0.15, 0.2) is 5.65 Å². The molecule has 1 atom stereocenters. The highest BCUT2D eigenvalue weighted by Crippen LogP contribution is 2.17. The second kappa shape index (κ2) is 5.21. The van der Waals surface area contributed by atoms with E-state index >= 15 is 0 Å². The van der Waals surface area contributed by atoms with Crippen LogP contribution < -0.4 is 5.32 Å². The van der Waals surface area contributed by atoms with E-state index in [4.69, 9.17) is 5.11 Å². The number of halogens is 2. The van der Waals surface area contributed by atoms with Crippen molar-refractivity contribution >= 4 is 11.5 Å². The Bertz CT molecular complexity index is 526. The summed E-state index contributed by atoms with van der Waals surface area (Å²) in [5, 5.41) is 23.0. The van der Waals surface area contributed by atoms with Crippen molar-refractivity contribution < 1.29 is 13.9 Å². The van der Waals surface area contributed by atoms with Gasteiger partial charge in [-0.15, -0.1) is 15.3 Å². The molecule has 0 aromatic carbocycles. The average molecular weight is 257 g/mol. The van der Waals surface area contributed by atoms with E-state index in [9.17, 15) is 8.78 Å². The first kappa shape index (κ1) is 12.6. The topological polar surface area (TPSA) is 75.3 Å². The molecule has 0 bridgehead atoms. The Hall–Kier alpha value is -1.83. The quantitative estimate of drug-likeness (QED) is 0.843. The predicted molar refractivity (Wildman–Crippen MR) is 60.5 cm³/mol. The predicted octanol–water partition coefficient (Wildman–Crippen LogP) is 1.24. The van der Waals surface area contributed by atoms with Crippen LogP contribution in [0.1, 0.15) is 25.6 Å². The van der Waals surface area contributed by atoms with Gasteiger partial charge >= 0.3 is 0 Å². The molecule has 0 aliphatic rings. The van der Waals surface area contributed by atoms with Crippen molar-refractivity contribution in [1.29, 1.82) is 0 Å². The van der Waals surface area contributed by atoms with Gasteiger partial charge in [-0.25, -0.2) is 8.78 Å². The fourth-order valence-electron chi connectivity index (χ4n) is 1.50. The summed E-state index contributed by atoms with van der Waals surface area (Å²) in [5.74, 6) is -0.101. The van der Waals surface area contributed by atoms with E-state index in [1.165, 1.54) is 6.07 Å². The third-order valence-corrected chi connectivity index (χ3v) is 2.55. The SMILES string of the molecule is CC[C@@H](CO)Nc1ccc2nnc(C(F)F)n2n1. The van der Waals surface area contributed by atoms with E-state index in [1.807, 2.05) is 6.92 Å². The summed E-state index contributed by atoms with van der Waals surface area (Å²) in [4.78, 5) is 0. The van der Waals surface area contributed by atoms with Crippen molar-refractivity contribution in [1.82, 2.24) is 19.8 Å². The number of nitrogens with one attached hydrogen (secondary N) is 1. The van der Waals surface area contributed by atoms with E-state index in [-0.39, 0.29) is 18.3 Å². The van der Waals surface area contributed by atoms with Gasteiger partial charge in [0.25, 0.3) is 6.43 Å². The highest BCUT2D eigenvalue weighted by atomic mass is 19.3. The molecule has 6 nitrogen and oxygen atoms in total. The smallest absolute Gasteiger partial charge is 0.299 e. The van der Waals surface area contributed by atoms with Crippen LogP contribution in [0.25, 0.3) is 5.65 Å². The summed E-state index contributed by atoms with van der Waals surface area (Å²) in [7, 11) is 0. The zero-order valence-corrected chi connectivity index (χ0v) is 9.72. The lowest BCUT2D eigenvalue weighted by Gasteiger charge is -2.14. The molecule has 2 aromatic rings. The highest BCUT2D eigenvalue weighted by molar-refractivity contribution is 5.44. The van der Waals surface area contributed by atoms with E-state index < -0.39 is 12.2 Å². The maximum Gasteiger partial charge on any atom is 0.299 e. The molecule has 2 heterocycles. The van der Waals surface area contributed by atoms with E-state index in [0.717, 1.165) is 4.52 Å². The van der Waals surface area contributed by atoms with Gasteiger partial charge in [0.05, 0.1) is 12.6 Å². The summed E-state index contributed by atoms with van der Waals surface area (Å²) in [6.07, 6.45) is -2.04. The molecule has 2 rings (SSSR count). The van der Waals surface area contributed by atoms with Crippen LogP contribution in [0.4, 0.5) is 14.6 Å². The third kappa shape index (κ3) is 2.37. The van der Waals surface area contributed by atoms with Crippen LogP contribution in [0.15, 0.2) is 12.1 Å². The van der Waals surface area contributed by atoms with Gasteiger partial charge in [0.2, 0.25) is 5.82 Å². The van der Waals surface area contributed by atoms with Crippen LogP contribution in [0.3, 0.4) is 0 Å². The van der Waals surface area contributed by atoms with Crippen LogP contribution in [0.5, 0.6) is 0 Å². The van der Waals surface area contributed by atoms with Crippen LogP contribution in [-0.2, 0) is 0 Å². The molecular formula is C10H13F2N5O. The molecule has 0 aliphatic heterocycles. The Morgan fingerprint density at radius 3 is 2.78 bits per heavy atom. The fraction of sp³-hybridized carbons (Fsp3) is 0.500. The second-order valence-electron chi connectivity index (χ2n) is 3.78. The van der Waals surface area contributed by atoms with Crippen LogP contribution >= 0.6 is 0 Å². The number of aliphatic hydroxyl groups excluding tert-OH is 1. The summed E-state index contributed by atoms with van der Waals surface area (Å²) >= 11 is 0. The molecule has 2 N–H and O–H groups in total. The Morgan fingerprint density at radius 1 is 1.39 bits per heavy atom. The van der Waals surface area contributed by atoms with Crippen LogP contribution in [0.2, 0.25) is 0 Å². The van der Waals surface area contributed by atoms with Gasteiger partial charge in [-0.2, -0.15) is 4.52 Å². The van der Waals surface area contributed by atoms with Gasteiger partial charge in [0.1, 0.15) is 5.82 Å². The maximum atomic E-state index is 12.6. The van der Waals surface area contributed by atoms with Crippen molar-refractivity contribution in [3.63, 3.8) is 0 Å².